The van der Waals surface area contributed by atoms with Crippen molar-refractivity contribution in [3.05, 3.63) is 76.4 Å². The summed E-state index contributed by atoms with van der Waals surface area (Å²) in [5.74, 6) is 10.2. The Bertz CT molecular complexity index is 1970. The standard InChI is InChI=1S/C39H41NO9Si/c1-8-21-47-37(45)40-28-17-15-13-14-16-18-29(42)39(38(28,49-39)23(6)48-50(10-3,11-4)12-5)26-22-27(41)31-32(33(26)40)34(43)25-20-19-24(9-2)36(46-7)30(25)35(31)44/h8,13-14,19-20,22-23,28-29,41-42H,1,9-12,21H2,2-7H3/b14-13-/t23-,28+,29-,38+,39+/m1/s1. The predicted molar refractivity (Wildman–Crippen MR) is 189 cm³/mol. The Labute approximate surface area is 293 Å². The van der Waals surface area contributed by atoms with Crippen LogP contribution in [0, 0.1) is 23.7 Å². The molecule has 50 heavy (non-hydrogen) atoms. The SMILES string of the molecule is C=CCOC(=O)N1c2c(cc(O)c3c2C(=O)c2ccc(CC)c(OC)c2C3=O)[C@@]23O[C@@]2([C@@H](C)O[Si](CC)(CC)CC)[C@@H]1C#C/C=C\C#C[C@H]3O. The highest BCUT2D eigenvalue weighted by Gasteiger charge is 2.84. The molecule has 2 aromatic carbocycles. The quantitative estimate of drug-likeness (QED) is 0.121. The molecule has 2 aliphatic carbocycles. The zero-order chi connectivity index (χ0) is 36.2. The van der Waals surface area contributed by atoms with Crippen LogP contribution >= 0.6 is 0 Å². The lowest BCUT2D eigenvalue weighted by molar-refractivity contribution is 0.0887. The van der Waals surface area contributed by atoms with E-state index in [1.807, 2.05) is 13.8 Å². The predicted octanol–water partition coefficient (Wildman–Crippen LogP) is 5.56. The normalized spacial score (nSPS) is 25.2. The number of aryl methyl sites for hydroxylation is 1. The number of phenols is 1. The summed E-state index contributed by atoms with van der Waals surface area (Å²) >= 11 is 0. The van der Waals surface area contributed by atoms with Crippen LogP contribution in [-0.4, -0.2) is 73.8 Å². The number of phenolic OH excluding ortho intramolecular Hbond substituents is 1. The lowest BCUT2D eigenvalue weighted by atomic mass is 9.68. The molecule has 11 heteroatoms. The van der Waals surface area contributed by atoms with E-state index < -0.39 is 61.2 Å². The van der Waals surface area contributed by atoms with E-state index in [9.17, 15) is 24.6 Å². The van der Waals surface area contributed by atoms with Crippen LogP contribution in [0.15, 0.2) is 43.0 Å². The number of ether oxygens (including phenoxy) is 3. The van der Waals surface area contributed by atoms with Gasteiger partial charge in [0.2, 0.25) is 5.78 Å². The van der Waals surface area contributed by atoms with Crippen LogP contribution in [0.25, 0.3) is 0 Å². The van der Waals surface area contributed by atoms with Crippen molar-refractivity contribution in [1.29, 1.82) is 0 Å². The third-order valence-corrected chi connectivity index (χ3v) is 15.5. The summed E-state index contributed by atoms with van der Waals surface area (Å²) in [6.07, 6.45) is 1.71. The van der Waals surface area contributed by atoms with E-state index in [-0.39, 0.29) is 45.9 Å². The molecular formula is C39H41NO9Si. The van der Waals surface area contributed by atoms with Crippen LogP contribution in [0.3, 0.4) is 0 Å². The molecule has 0 unspecified atom stereocenters. The number of carbonyl (C=O) groups is 3. The largest absolute Gasteiger partial charge is 0.507 e. The molecule has 5 atom stereocenters. The number of amides is 1. The van der Waals surface area contributed by atoms with Crippen LogP contribution in [0.4, 0.5) is 10.5 Å². The second-order valence-electron chi connectivity index (χ2n) is 12.8. The maximum absolute atomic E-state index is 14.7. The number of aliphatic hydroxyl groups is 1. The third kappa shape index (κ3) is 4.72. The molecule has 1 amide bonds. The molecule has 0 spiro atoms. The minimum absolute atomic E-state index is 0.0201. The number of anilines is 1. The van der Waals surface area contributed by atoms with Gasteiger partial charge >= 0.3 is 6.09 Å². The van der Waals surface area contributed by atoms with Gasteiger partial charge in [-0.15, -0.1) is 0 Å². The highest BCUT2D eigenvalue weighted by Crippen LogP contribution is 2.69. The molecule has 2 bridgehead atoms. The first-order valence-corrected chi connectivity index (χ1v) is 19.5. The zero-order valence-corrected chi connectivity index (χ0v) is 30.1. The molecule has 1 saturated heterocycles. The van der Waals surface area contributed by atoms with Crippen molar-refractivity contribution in [3.63, 3.8) is 0 Å². The minimum Gasteiger partial charge on any atom is -0.507 e. The minimum atomic E-state index is -2.35. The number of rotatable bonds is 10. The number of nitrogens with zero attached hydrogens (tertiary/aromatic N) is 1. The van der Waals surface area contributed by atoms with Crippen molar-refractivity contribution in [3.8, 4) is 35.2 Å². The van der Waals surface area contributed by atoms with E-state index in [1.54, 1.807) is 12.1 Å². The fraction of sp³-hybridized carbons (Fsp3) is 0.410. The number of ketones is 2. The van der Waals surface area contributed by atoms with Gasteiger partial charge < -0.3 is 28.8 Å². The number of epoxide rings is 1. The molecule has 6 rings (SSSR count). The van der Waals surface area contributed by atoms with E-state index in [1.165, 1.54) is 36.3 Å². The molecule has 1 fully saturated rings. The molecule has 2 aromatic rings. The average molecular weight is 696 g/mol. The Hall–Kier alpha value is -4.65. The number of allylic oxidation sites excluding steroid dienone is 2. The summed E-state index contributed by atoms with van der Waals surface area (Å²) in [5, 5.41) is 23.8. The number of hydrogen-bond donors (Lipinski definition) is 2. The molecule has 0 saturated carbocycles. The lowest BCUT2D eigenvalue weighted by Gasteiger charge is -2.45. The first-order valence-electron chi connectivity index (χ1n) is 17.0. The smallest absolute Gasteiger partial charge is 0.415 e. The molecule has 260 valence electrons. The monoisotopic (exact) mass is 695 g/mol. The highest BCUT2D eigenvalue weighted by molar-refractivity contribution is 6.73. The second-order valence-corrected chi connectivity index (χ2v) is 17.5. The van der Waals surface area contributed by atoms with Crippen LogP contribution in [-0.2, 0) is 25.9 Å². The van der Waals surface area contributed by atoms with Crippen LogP contribution in [0.1, 0.15) is 77.6 Å². The van der Waals surface area contributed by atoms with Crippen LogP contribution in [0.5, 0.6) is 11.5 Å². The van der Waals surface area contributed by atoms with E-state index in [0.717, 1.165) is 18.1 Å². The van der Waals surface area contributed by atoms with Gasteiger partial charge in [0.1, 0.15) is 24.1 Å². The number of aromatic hydroxyl groups is 1. The van der Waals surface area contributed by atoms with Gasteiger partial charge in [0.15, 0.2) is 31.4 Å². The van der Waals surface area contributed by atoms with E-state index in [4.69, 9.17) is 18.6 Å². The number of methoxy groups -OCH3 is 1. The zero-order valence-electron chi connectivity index (χ0n) is 29.1. The van der Waals surface area contributed by atoms with Crippen LogP contribution < -0.4 is 9.64 Å². The molecular weight excluding hydrogens is 655 g/mol. The number of benzene rings is 2. The Kier molecular flexibility index (Phi) is 9.08. The molecule has 0 aromatic heterocycles. The third-order valence-electron chi connectivity index (χ3n) is 10.8. The molecule has 0 radical (unpaired) electrons. The van der Waals surface area contributed by atoms with E-state index in [0.29, 0.717) is 12.0 Å². The van der Waals surface area contributed by atoms with Crippen LogP contribution in [0.2, 0.25) is 18.1 Å². The van der Waals surface area contributed by atoms with E-state index >= 15 is 0 Å². The number of fused-ring (bicyclic) bond motifs is 4. The summed E-state index contributed by atoms with van der Waals surface area (Å²) in [7, 11) is -0.933. The van der Waals surface area contributed by atoms with Crippen molar-refractivity contribution in [1.82, 2.24) is 0 Å². The topological polar surface area (TPSA) is 135 Å². The maximum Gasteiger partial charge on any atom is 0.415 e. The van der Waals surface area contributed by atoms with E-state index in [2.05, 4.69) is 51.0 Å². The fourth-order valence-corrected chi connectivity index (χ4v) is 11.0. The Balaban J connectivity index is 1.71. The first-order chi connectivity index (χ1) is 24.0. The number of aliphatic hydroxyl groups excluding tert-OH is 1. The van der Waals surface area contributed by atoms with Gasteiger partial charge in [0.25, 0.3) is 0 Å². The van der Waals surface area contributed by atoms with Gasteiger partial charge in [-0.3, -0.25) is 14.5 Å². The Morgan fingerprint density at radius 2 is 1.76 bits per heavy atom. The van der Waals surface area contributed by atoms with Crippen molar-refractivity contribution < 1.29 is 43.2 Å². The maximum atomic E-state index is 14.7. The summed E-state index contributed by atoms with van der Waals surface area (Å²) in [5.41, 5.74) is -3.03. The molecule has 2 heterocycles. The van der Waals surface area contributed by atoms with Gasteiger partial charge in [0, 0.05) is 11.1 Å². The Morgan fingerprint density at radius 3 is 2.38 bits per heavy atom. The summed E-state index contributed by atoms with van der Waals surface area (Å²) in [6, 6.07) is 5.77. The summed E-state index contributed by atoms with van der Waals surface area (Å²) in [6.45, 7) is 13.5. The van der Waals surface area contributed by atoms with Gasteiger partial charge in [0.05, 0.1) is 35.6 Å². The van der Waals surface area contributed by atoms with Crippen molar-refractivity contribution >= 4 is 31.7 Å². The average Bonchev–Trinajstić information content (AvgIpc) is 3.85. The molecule has 4 aliphatic rings. The van der Waals surface area contributed by atoms with Crippen molar-refractivity contribution in [2.24, 2.45) is 0 Å². The van der Waals surface area contributed by atoms with Gasteiger partial charge in [-0.2, -0.15) is 0 Å². The molecule has 2 aliphatic heterocycles. The Morgan fingerprint density at radius 1 is 1.08 bits per heavy atom. The van der Waals surface area contributed by atoms with Crippen molar-refractivity contribution in [2.45, 2.75) is 88.6 Å². The highest BCUT2D eigenvalue weighted by atomic mass is 28.4. The van der Waals surface area contributed by atoms with Gasteiger partial charge in [-0.1, -0.05) is 70.1 Å². The lowest BCUT2D eigenvalue weighted by Crippen LogP contribution is -2.63. The second kappa shape index (κ2) is 12.9. The number of hydrogen-bond acceptors (Lipinski definition) is 9. The van der Waals surface area contributed by atoms with Gasteiger partial charge in [-0.05, 0) is 61.3 Å². The fourth-order valence-electron chi connectivity index (χ4n) is 8.03. The van der Waals surface area contributed by atoms with Crippen molar-refractivity contribution in [2.75, 3.05) is 18.6 Å². The molecule has 10 nitrogen and oxygen atoms in total. The van der Waals surface area contributed by atoms with Gasteiger partial charge in [-0.25, -0.2) is 4.79 Å². The first kappa shape index (κ1) is 35.2. The number of carbonyl (C=O) groups excluding carboxylic acids is 3. The summed E-state index contributed by atoms with van der Waals surface area (Å²) < 4.78 is 25.0. The summed E-state index contributed by atoms with van der Waals surface area (Å²) in [4.78, 5) is 44.7. The molecule has 2 N–H and O–H groups in total.